The van der Waals surface area contributed by atoms with E-state index in [2.05, 4.69) is 21.2 Å². The largest absolute Gasteiger partial charge is 0.433 e. The van der Waals surface area contributed by atoms with E-state index in [0.717, 1.165) is 6.07 Å². The Morgan fingerprint density at radius 1 is 1.47 bits per heavy atom. The number of anilines is 1. The van der Waals surface area contributed by atoms with E-state index in [-0.39, 0.29) is 12.4 Å². The van der Waals surface area contributed by atoms with Crippen LogP contribution >= 0.6 is 11.6 Å². The summed E-state index contributed by atoms with van der Waals surface area (Å²) in [5.41, 5.74) is -1.11. The van der Waals surface area contributed by atoms with Crippen LogP contribution in [0, 0.1) is 12.3 Å². The molecule has 0 saturated heterocycles. The first-order valence-corrected chi connectivity index (χ1v) is 4.10. The monoisotopic (exact) mass is 235 g/mol. The summed E-state index contributed by atoms with van der Waals surface area (Å²) in [6, 6.07) is 0.739. The quantitative estimate of drug-likeness (QED) is 0.631. The molecule has 0 amide bonds. The van der Waals surface area contributed by atoms with E-state index in [1.54, 1.807) is 0 Å². The average Bonchev–Trinajstić information content (AvgIpc) is 2.12. The molecule has 7 heteroatoms. The number of rotatable bonds is 2. The predicted molar refractivity (Wildman–Crippen MR) is 49.4 cm³/mol. The molecule has 15 heavy (non-hydrogen) atoms. The molecule has 1 N–H and O–H groups in total. The number of hydrogen-bond donors (Lipinski definition) is 1. The van der Waals surface area contributed by atoms with Gasteiger partial charge >= 0.3 is 6.18 Å². The van der Waals surface area contributed by atoms with Crippen molar-refractivity contribution in [2.24, 2.45) is 0 Å². The highest BCUT2D eigenvalue weighted by Gasteiger charge is 2.33. The van der Waals surface area contributed by atoms with E-state index >= 15 is 0 Å². The van der Waals surface area contributed by atoms with Gasteiger partial charge in [0.25, 0.3) is 0 Å². The molecule has 3 nitrogen and oxygen atoms in total. The Morgan fingerprint density at radius 3 is 2.67 bits per heavy atom. The molecule has 0 saturated carbocycles. The molecule has 0 unspecified atom stereocenters. The number of nitrogens with zero attached hydrogens (tertiary/aromatic N) is 2. The summed E-state index contributed by atoms with van der Waals surface area (Å²) in [4.78, 5) is 6.58. The van der Waals surface area contributed by atoms with Crippen LogP contribution in [0.1, 0.15) is 5.69 Å². The zero-order valence-corrected chi connectivity index (χ0v) is 8.02. The molecule has 0 aliphatic heterocycles. The fourth-order valence-electron chi connectivity index (χ4n) is 0.795. The fourth-order valence-corrected chi connectivity index (χ4v) is 0.977. The predicted octanol–water partition coefficient (Wildman–Crippen LogP) is 2.19. The molecular formula is C8H5ClF3N3. The van der Waals surface area contributed by atoms with Gasteiger partial charge in [-0.15, -0.1) is 6.42 Å². The smallest absolute Gasteiger partial charge is 0.359 e. The van der Waals surface area contributed by atoms with E-state index < -0.39 is 17.2 Å². The standard InChI is InChI=1S/C8H5ClF3N3/c1-2-3-13-6-4-5(8(10,11)12)14-7(9)15-6/h1,4H,3H2,(H,13,14,15). The third-order valence-corrected chi connectivity index (χ3v) is 1.53. The third kappa shape index (κ3) is 3.29. The first-order valence-electron chi connectivity index (χ1n) is 3.72. The van der Waals surface area contributed by atoms with Crippen molar-refractivity contribution in [3.63, 3.8) is 0 Å². The van der Waals surface area contributed by atoms with Crippen molar-refractivity contribution >= 4 is 17.4 Å². The lowest BCUT2D eigenvalue weighted by atomic mass is 10.4. The van der Waals surface area contributed by atoms with Gasteiger partial charge in [0, 0.05) is 6.07 Å². The Kier molecular flexibility index (Phi) is 3.37. The van der Waals surface area contributed by atoms with Gasteiger partial charge in [-0.05, 0) is 11.6 Å². The van der Waals surface area contributed by atoms with Crippen LogP contribution < -0.4 is 5.32 Å². The lowest BCUT2D eigenvalue weighted by Gasteiger charge is -2.08. The van der Waals surface area contributed by atoms with Crippen molar-refractivity contribution in [1.82, 2.24) is 9.97 Å². The Balaban J connectivity index is 3.01. The van der Waals surface area contributed by atoms with Gasteiger partial charge in [0.2, 0.25) is 5.28 Å². The molecular weight excluding hydrogens is 231 g/mol. The van der Waals surface area contributed by atoms with Gasteiger partial charge in [0.1, 0.15) is 5.82 Å². The van der Waals surface area contributed by atoms with Gasteiger partial charge in [-0.3, -0.25) is 0 Å². The molecule has 1 heterocycles. The molecule has 0 aliphatic rings. The minimum Gasteiger partial charge on any atom is -0.359 e. The SMILES string of the molecule is C#CCNc1cc(C(F)(F)F)nc(Cl)n1. The van der Waals surface area contributed by atoms with E-state index in [9.17, 15) is 13.2 Å². The second kappa shape index (κ2) is 4.36. The lowest BCUT2D eigenvalue weighted by Crippen LogP contribution is -2.11. The average molecular weight is 236 g/mol. The summed E-state index contributed by atoms with van der Waals surface area (Å²) in [6.07, 6.45) is 0.371. The first-order chi connectivity index (χ1) is 6.93. The van der Waals surface area contributed by atoms with Crippen LogP contribution in [0.4, 0.5) is 19.0 Å². The number of nitrogens with one attached hydrogen (secondary N) is 1. The summed E-state index contributed by atoms with van der Waals surface area (Å²) in [7, 11) is 0. The number of hydrogen-bond acceptors (Lipinski definition) is 3. The molecule has 0 spiro atoms. The maximum absolute atomic E-state index is 12.3. The van der Waals surface area contributed by atoms with Crippen LogP contribution in [0.3, 0.4) is 0 Å². The van der Waals surface area contributed by atoms with Gasteiger partial charge in [0.15, 0.2) is 5.69 Å². The van der Waals surface area contributed by atoms with E-state index in [1.807, 2.05) is 0 Å². The van der Waals surface area contributed by atoms with Gasteiger partial charge in [0.05, 0.1) is 6.54 Å². The summed E-state index contributed by atoms with van der Waals surface area (Å²) in [5, 5.41) is 1.99. The van der Waals surface area contributed by atoms with Crippen LogP contribution in [0.25, 0.3) is 0 Å². The van der Waals surface area contributed by atoms with Crippen molar-refractivity contribution in [3.05, 3.63) is 17.0 Å². The van der Waals surface area contributed by atoms with Crippen molar-refractivity contribution in [1.29, 1.82) is 0 Å². The third-order valence-electron chi connectivity index (χ3n) is 1.36. The normalized spacial score (nSPS) is 10.9. The zero-order valence-electron chi connectivity index (χ0n) is 7.27. The molecule has 80 valence electrons. The molecule has 1 aromatic heterocycles. The highest BCUT2D eigenvalue weighted by Crippen LogP contribution is 2.29. The Hall–Kier alpha value is -1.48. The fraction of sp³-hybridized carbons (Fsp3) is 0.250. The summed E-state index contributed by atoms with van der Waals surface area (Å²) < 4.78 is 36.8. The van der Waals surface area contributed by atoms with Crippen LogP contribution in [0.2, 0.25) is 5.28 Å². The topological polar surface area (TPSA) is 37.8 Å². The van der Waals surface area contributed by atoms with Crippen LogP contribution in [0.5, 0.6) is 0 Å². The summed E-state index contributed by atoms with van der Waals surface area (Å²) in [5.74, 6) is 2.14. The number of terminal acetylenes is 1. The molecule has 1 aromatic rings. The zero-order chi connectivity index (χ0) is 11.5. The van der Waals surface area contributed by atoms with E-state index in [4.69, 9.17) is 18.0 Å². The first kappa shape index (κ1) is 11.6. The van der Waals surface area contributed by atoms with Crippen LogP contribution in [0.15, 0.2) is 6.07 Å². The van der Waals surface area contributed by atoms with Crippen LogP contribution in [-0.2, 0) is 6.18 Å². The summed E-state index contributed by atoms with van der Waals surface area (Å²) >= 11 is 5.32. The number of aromatic nitrogens is 2. The minimum atomic E-state index is -4.56. The minimum absolute atomic E-state index is 0.0553. The molecule has 0 aliphatic carbocycles. The summed E-state index contributed by atoms with van der Waals surface area (Å²) in [6.45, 7) is 0.0602. The molecule has 0 atom stereocenters. The van der Waals surface area contributed by atoms with Gasteiger partial charge in [-0.25, -0.2) is 9.97 Å². The molecule has 0 fully saturated rings. The molecule has 1 rings (SSSR count). The second-order valence-electron chi connectivity index (χ2n) is 2.46. The van der Waals surface area contributed by atoms with Crippen molar-refractivity contribution in [2.75, 3.05) is 11.9 Å². The van der Waals surface area contributed by atoms with E-state index in [1.165, 1.54) is 0 Å². The molecule has 0 bridgehead atoms. The number of alkyl halides is 3. The molecule has 0 aromatic carbocycles. The Bertz CT molecular complexity index is 397. The van der Waals surface area contributed by atoms with E-state index in [0.29, 0.717) is 0 Å². The highest BCUT2D eigenvalue weighted by atomic mass is 35.5. The second-order valence-corrected chi connectivity index (χ2v) is 2.80. The van der Waals surface area contributed by atoms with Gasteiger partial charge < -0.3 is 5.32 Å². The van der Waals surface area contributed by atoms with Crippen molar-refractivity contribution in [2.45, 2.75) is 6.18 Å². The van der Waals surface area contributed by atoms with Crippen molar-refractivity contribution < 1.29 is 13.2 Å². The molecule has 0 radical (unpaired) electrons. The maximum atomic E-state index is 12.3. The highest BCUT2D eigenvalue weighted by molar-refractivity contribution is 6.28. The van der Waals surface area contributed by atoms with Crippen molar-refractivity contribution in [3.8, 4) is 12.3 Å². The Labute approximate surface area is 88.7 Å². The number of halogens is 4. The van der Waals surface area contributed by atoms with Crippen LogP contribution in [-0.4, -0.2) is 16.5 Å². The maximum Gasteiger partial charge on any atom is 0.433 e. The van der Waals surface area contributed by atoms with Gasteiger partial charge in [-0.1, -0.05) is 5.92 Å². The Morgan fingerprint density at radius 2 is 2.13 bits per heavy atom. The van der Waals surface area contributed by atoms with Gasteiger partial charge in [-0.2, -0.15) is 13.2 Å². The lowest BCUT2D eigenvalue weighted by molar-refractivity contribution is -0.141.